The molecule has 0 aliphatic carbocycles. The van der Waals surface area contributed by atoms with Crippen molar-refractivity contribution in [1.82, 2.24) is 0 Å². The Bertz CT molecular complexity index is 1720. The second-order valence-corrected chi connectivity index (χ2v) is 9.06. The minimum absolute atomic E-state index is 1.25. The minimum atomic E-state index is 1.25. The predicted molar refractivity (Wildman–Crippen MR) is 147 cm³/mol. The van der Waals surface area contributed by atoms with E-state index in [9.17, 15) is 0 Å². The number of fused-ring (bicyclic) bond motifs is 5. The first-order valence-corrected chi connectivity index (χ1v) is 11.8. The van der Waals surface area contributed by atoms with Crippen molar-refractivity contribution in [2.45, 2.75) is 0 Å². The van der Waals surface area contributed by atoms with Crippen molar-refractivity contribution in [3.8, 4) is 22.3 Å². The molecule has 0 aliphatic rings. The second kappa shape index (κ2) is 7.57. The van der Waals surface area contributed by atoms with Crippen molar-refractivity contribution in [2.24, 2.45) is 0 Å². The number of benzene rings is 7. The fourth-order valence-corrected chi connectivity index (χ4v) is 5.15. The summed E-state index contributed by atoms with van der Waals surface area (Å²) >= 11 is 0. The molecular formula is C34H22. The van der Waals surface area contributed by atoms with Crippen LogP contribution in [0.25, 0.3) is 65.3 Å². The van der Waals surface area contributed by atoms with Gasteiger partial charge in [-0.05, 0) is 89.6 Å². The first-order valence-electron chi connectivity index (χ1n) is 11.8. The summed E-state index contributed by atoms with van der Waals surface area (Å²) in [6.07, 6.45) is 0. The Hall–Kier alpha value is -4.42. The van der Waals surface area contributed by atoms with Gasteiger partial charge in [0.2, 0.25) is 0 Å². The van der Waals surface area contributed by atoms with Crippen LogP contribution in [0.15, 0.2) is 133 Å². The summed E-state index contributed by atoms with van der Waals surface area (Å²) < 4.78 is 0. The summed E-state index contributed by atoms with van der Waals surface area (Å²) in [5.74, 6) is 0. The normalized spacial score (nSPS) is 11.5. The molecule has 7 rings (SSSR count). The minimum Gasteiger partial charge on any atom is -0.0616 e. The Morgan fingerprint density at radius 1 is 0.235 bits per heavy atom. The van der Waals surface area contributed by atoms with Crippen LogP contribution in [-0.2, 0) is 0 Å². The van der Waals surface area contributed by atoms with Crippen LogP contribution in [-0.4, -0.2) is 0 Å². The molecule has 0 N–H and O–H groups in total. The van der Waals surface area contributed by atoms with Crippen molar-refractivity contribution in [3.05, 3.63) is 133 Å². The van der Waals surface area contributed by atoms with Gasteiger partial charge >= 0.3 is 0 Å². The van der Waals surface area contributed by atoms with Crippen LogP contribution in [0.4, 0.5) is 0 Å². The molecule has 0 aliphatic heterocycles. The summed E-state index contributed by atoms with van der Waals surface area (Å²) in [5, 5.41) is 10.2. The van der Waals surface area contributed by atoms with Crippen molar-refractivity contribution < 1.29 is 0 Å². The molecule has 0 atom stereocenters. The maximum absolute atomic E-state index is 2.35. The lowest BCUT2D eigenvalue weighted by Gasteiger charge is -2.11. The molecule has 0 spiro atoms. The molecule has 0 aromatic heterocycles. The Labute approximate surface area is 198 Å². The van der Waals surface area contributed by atoms with E-state index in [0.717, 1.165) is 0 Å². The molecule has 7 aromatic rings. The summed E-state index contributed by atoms with van der Waals surface area (Å²) in [4.78, 5) is 0. The molecule has 0 heterocycles. The van der Waals surface area contributed by atoms with Gasteiger partial charge in [-0.15, -0.1) is 0 Å². The second-order valence-electron chi connectivity index (χ2n) is 9.06. The Morgan fingerprint density at radius 3 is 1.00 bits per heavy atom. The van der Waals surface area contributed by atoms with Gasteiger partial charge in [0.1, 0.15) is 0 Å². The van der Waals surface area contributed by atoms with Gasteiger partial charge in [0.25, 0.3) is 0 Å². The van der Waals surface area contributed by atoms with E-state index in [0.29, 0.717) is 0 Å². The third kappa shape index (κ3) is 3.16. The largest absolute Gasteiger partial charge is 0.0616 e. The van der Waals surface area contributed by atoms with E-state index in [1.54, 1.807) is 0 Å². The standard InChI is InChI=1S/C34H22/c1-3-7-27-19-29(15-9-23(27)5-1)31-17-13-25-11-12-26-14-18-32(22-34(26)33(25)21-31)30-16-10-24-6-2-4-8-28(24)20-30/h1-22H. The van der Waals surface area contributed by atoms with E-state index in [2.05, 4.69) is 133 Å². The van der Waals surface area contributed by atoms with Gasteiger partial charge in [-0.25, -0.2) is 0 Å². The smallest absolute Gasteiger partial charge is 0.00990 e. The van der Waals surface area contributed by atoms with Crippen molar-refractivity contribution >= 4 is 43.1 Å². The molecule has 0 saturated heterocycles. The maximum Gasteiger partial charge on any atom is -0.00990 e. The zero-order chi connectivity index (χ0) is 22.5. The zero-order valence-corrected chi connectivity index (χ0v) is 18.7. The first-order chi connectivity index (χ1) is 16.8. The van der Waals surface area contributed by atoms with Crippen molar-refractivity contribution in [2.75, 3.05) is 0 Å². The van der Waals surface area contributed by atoms with Crippen LogP contribution < -0.4 is 0 Å². The van der Waals surface area contributed by atoms with Gasteiger partial charge in [0.05, 0.1) is 0 Å². The summed E-state index contributed by atoms with van der Waals surface area (Å²) in [7, 11) is 0. The van der Waals surface area contributed by atoms with Crippen LogP contribution in [0.2, 0.25) is 0 Å². The average Bonchev–Trinajstić information content (AvgIpc) is 2.92. The third-order valence-electron chi connectivity index (χ3n) is 7.00. The molecule has 0 nitrogen and oxygen atoms in total. The van der Waals surface area contributed by atoms with Gasteiger partial charge < -0.3 is 0 Å². The van der Waals surface area contributed by atoms with Crippen LogP contribution in [0, 0.1) is 0 Å². The average molecular weight is 431 g/mol. The molecule has 0 radical (unpaired) electrons. The van der Waals surface area contributed by atoms with Crippen LogP contribution in [0.1, 0.15) is 0 Å². The number of hydrogen-bond donors (Lipinski definition) is 0. The topological polar surface area (TPSA) is 0 Å². The Kier molecular flexibility index (Phi) is 4.25. The van der Waals surface area contributed by atoms with E-state index >= 15 is 0 Å². The van der Waals surface area contributed by atoms with E-state index in [-0.39, 0.29) is 0 Å². The Morgan fingerprint density at radius 2 is 0.559 bits per heavy atom. The first kappa shape index (κ1) is 19.1. The van der Waals surface area contributed by atoms with E-state index in [1.807, 2.05) is 0 Å². The molecule has 0 saturated carbocycles. The molecule has 0 unspecified atom stereocenters. The molecule has 0 heteroatoms. The molecule has 7 aromatic carbocycles. The van der Waals surface area contributed by atoms with E-state index < -0.39 is 0 Å². The van der Waals surface area contributed by atoms with Crippen LogP contribution in [0.5, 0.6) is 0 Å². The van der Waals surface area contributed by atoms with Gasteiger partial charge in [-0.1, -0.05) is 109 Å². The molecule has 34 heavy (non-hydrogen) atoms. The maximum atomic E-state index is 2.35. The highest BCUT2D eigenvalue weighted by molar-refractivity contribution is 6.10. The third-order valence-corrected chi connectivity index (χ3v) is 7.00. The van der Waals surface area contributed by atoms with Crippen molar-refractivity contribution in [1.29, 1.82) is 0 Å². The van der Waals surface area contributed by atoms with Crippen molar-refractivity contribution in [3.63, 3.8) is 0 Å². The Balaban J connectivity index is 1.41. The SMILES string of the molecule is c1ccc2cc(-c3ccc4ccc5ccc(-c6ccc7ccccc7c6)cc5c4c3)ccc2c1. The molecule has 0 fully saturated rings. The highest BCUT2D eigenvalue weighted by Crippen LogP contribution is 2.34. The highest BCUT2D eigenvalue weighted by atomic mass is 14.1. The number of rotatable bonds is 2. The monoisotopic (exact) mass is 430 g/mol. The lowest BCUT2D eigenvalue weighted by Crippen LogP contribution is -1.84. The molecule has 158 valence electrons. The highest BCUT2D eigenvalue weighted by Gasteiger charge is 2.07. The molecule has 0 amide bonds. The van der Waals surface area contributed by atoms with Gasteiger partial charge in [0, 0.05) is 0 Å². The lowest BCUT2D eigenvalue weighted by molar-refractivity contribution is 1.67. The fourth-order valence-electron chi connectivity index (χ4n) is 5.15. The number of hydrogen-bond acceptors (Lipinski definition) is 0. The molecule has 0 bridgehead atoms. The van der Waals surface area contributed by atoms with Gasteiger partial charge in [-0.2, -0.15) is 0 Å². The lowest BCUT2D eigenvalue weighted by atomic mass is 9.93. The summed E-state index contributed by atoms with van der Waals surface area (Å²) in [5.41, 5.74) is 5.01. The zero-order valence-electron chi connectivity index (χ0n) is 18.7. The van der Waals surface area contributed by atoms with E-state index in [1.165, 1.54) is 65.3 Å². The van der Waals surface area contributed by atoms with E-state index in [4.69, 9.17) is 0 Å². The van der Waals surface area contributed by atoms with Crippen LogP contribution in [0.3, 0.4) is 0 Å². The summed E-state index contributed by atoms with van der Waals surface area (Å²) in [6.45, 7) is 0. The fraction of sp³-hybridized carbons (Fsp3) is 0. The van der Waals surface area contributed by atoms with Gasteiger partial charge in [0.15, 0.2) is 0 Å². The molecular weight excluding hydrogens is 408 g/mol. The van der Waals surface area contributed by atoms with Gasteiger partial charge in [-0.3, -0.25) is 0 Å². The summed E-state index contributed by atoms with van der Waals surface area (Å²) in [6, 6.07) is 48.8. The predicted octanol–water partition coefficient (Wildman–Crippen LogP) is 9.63. The quantitative estimate of drug-likeness (QED) is 0.239. The van der Waals surface area contributed by atoms with Crippen LogP contribution >= 0.6 is 0 Å².